The largest absolute Gasteiger partial charge is 0.455 e. The zero-order valence-corrected chi connectivity index (χ0v) is 18.7. The molecule has 1 atom stereocenters. The molecule has 2 aliphatic rings. The van der Waals surface area contributed by atoms with E-state index in [1.54, 1.807) is 13.0 Å². The van der Waals surface area contributed by atoms with Crippen LogP contribution in [0.25, 0.3) is 0 Å². The summed E-state index contributed by atoms with van der Waals surface area (Å²) in [6.07, 6.45) is -1.46. The van der Waals surface area contributed by atoms with Crippen molar-refractivity contribution in [3.05, 3.63) is 53.0 Å². The van der Waals surface area contributed by atoms with Crippen molar-refractivity contribution in [1.82, 2.24) is 9.21 Å². The number of furan rings is 1. The Labute approximate surface area is 185 Å². The lowest BCUT2D eigenvalue weighted by Gasteiger charge is -2.29. The maximum Gasteiger partial charge on any atom is 0.416 e. The Morgan fingerprint density at radius 2 is 1.84 bits per heavy atom. The second kappa shape index (κ2) is 8.22. The molecule has 1 unspecified atom stereocenters. The van der Waals surface area contributed by atoms with Crippen molar-refractivity contribution in [2.75, 3.05) is 13.1 Å². The molecule has 1 saturated carbocycles. The molecule has 1 aliphatic heterocycles. The van der Waals surface area contributed by atoms with Gasteiger partial charge in [-0.1, -0.05) is 12.1 Å². The fraction of sp³-hybridized carbons (Fsp3) is 0.500. The van der Waals surface area contributed by atoms with Gasteiger partial charge in [-0.25, -0.2) is 8.42 Å². The standard InChI is InChI=1S/C22H25F3N2O4S/c1-14(16-6-5-7-17(12-16)22(23,24)25)27(18-8-9-18)21(28)19-13-20(15(2)31-19)32(29,30)26-10-3-4-11-26/h5-7,12-14,18H,3-4,8-11H2,1-2H3. The molecule has 1 amide bonds. The Balaban J connectivity index is 1.64. The highest BCUT2D eigenvalue weighted by molar-refractivity contribution is 7.89. The van der Waals surface area contributed by atoms with Gasteiger partial charge in [0.2, 0.25) is 10.0 Å². The van der Waals surface area contributed by atoms with Gasteiger partial charge in [-0.3, -0.25) is 4.79 Å². The Kier molecular flexibility index (Phi) is 5.87. The number of sulfonamides is 1. The molecule has 6 nitrogen and oxygen atoms in total. The summed E-state index contributed by atoms with van der Waals surface area (Å²) in [6, 6.07) is 5.40. The Morgan fingerprint density at radius 1 is 1.19 bits per heavy atom. The van der Waals surface area contributed by atoms with Gasteiger partial charge in [0, 0.05) is 25.2 Å². The number of rotatable bonds is 6. The van der Waals surface area contributed by atoms with Crippen LogP contribution in [0.2, 0.25) is 0 Å². The predicted octanol–water partition coefficient (Wildman–Crippen LogP) is 4.76. The molecule has 1 aromatic carbocycles. The van der Waals surface area contributed by atoms with Crippen molar-refractivity contribution >= 4 is 15.9 Å². The van der Waals surface area contributed by atoms with Gasteiger partial charge >= 0.3 is 6.18 Å². The van der Waals surface area contributed by atoms with Gasteiger partial charge in [-0.05, 0) is 57.2 Å². The number of carbonyl (C=O) groups excluding carboxylic acids is 1. The third-order valence-electron chi connectivity index (χ3n) is 6.05. The molecule has 1 aliphatic carbocycles. The smallest absolute Gasteiger partial charge is 0.416 e. The first-order chi connectivity index (χ1) is 15.0. The number of halogens is 3. The van der Waals surface area contributed by atoms with E-state index < -0.39 is 33.7 Å². The lowest BCUT2D eigenvalue weighted by molar-refractivity contribution is -0.137. The van der Waals surface area contributed by atoms with Crippen LogP contribution in [0.4, 0.5) is 13.2 Å². The van der Waals surface area contributed by atoms with E-state index in [4.69, 9.17) is 4.42 Å². The van der Waals surface area contributed by atoms with E-state index in [2.05, 4.69) is 0 Å². The molecule has 2 fully saturated rings. The molecular weight excluding hydrogens is 445 g/mol. The molecule has 1 saturated heterocycles. The molecule has 0 spiro atoms. The highest BCUT2D eigenvalue weighted by Gasteiger charge is 2.40. The fourth-order valence-electron chi connectivity index (χ4n) is 4.17. The minimum Gasteiger partial charge on any atom is -0.455 e. The monoisotopic (exact) mass is 470 g/mol. The second-order valence-corrected chi connectivity index (χ2v) is 10.3. The van der Waals surface area contributed by atoms with Gasteiger partial charge in [0.05, 0.1) is 11.6 Å². The van der Waals surface area contributed by atoms with Crippen LogP contribution in [-0.4, -0.2) is 42.7 Å². The Bertz CT molecular complexity index is 1120. The minimum atomic E-state index is -4.49. The van der Waals surface area contributed by atoms with Crippen molar-refractivity contribution in [1.29, 1.82) is 0 Å². The first-order valence-corrected chi connectivity index (χ1v) is 12.0. The van der Waals surface area contributed by atoms with E-state index in [-0.39, 0.29) is 22.5 Å². The van der Waals surface area contributed by atoms with Gasteiger partial charge in [0.15, 0.2) is 5.76 Å². The van der Waals surface area contributed by atoms with Crippen molar-refractivity contribution in [3.63, 3.8) is 0 Å². The number of nitrogens with zero attached hydrogens (tertiary/aromatic N) is 2. The molecule has 0 radical (unpaired) electrons. The summed E-state index contributed by atoms with van der Waals surface area (Å²) >= 11 is 0. The summed E-state index contributed by atoms with van der Waals surface area (Å²) in [5.41, 5.74) is -0.425. The van der Waals surface area contributed by atoms with Crippen LogP contribution in [0.15, 0.2) is 39.6 Å². The van der Waals surface area contributed by atoms with Crippen LogP contribution in [0.3, 0.4) is 0 Å². The van der Waals surface area contributed by atoms with Gasteiger partial charge in [-0.15, -0.1) is 0 Å². The summed E-state index contributed by atoms with van der Waals surface area (Å²) in [5, 5.41) is 0. The number of hydrogen-bond acceptors (Lipinski definition) is 4. The maximum absolute atomic E-state index is 13.3. The predicted molar refractivity (Wildman–Crippen MR) is 110 cm³/mol. The number of aryl methyl sites for hydroxylation is 1. The van der Waals surface area contributed by atoms with Crippen molar-refractivity contribution in [3.8, 4) is 0 Å². The molecule has 1 aromatic heterocycles. The summed E-state index contributed by atoms with van der Waals surface area (Å²) in [7, 11) is -3.76. The van der Waals surface area contributed by atoms with E-state index in [9.17, 15) is 26.4 Å². The van der Waals surface area contributed by atoms with E-state index in [1.807, 2.05) is 0 Å². The molecular formula is C22H25F3N2O4S. The maximum atomic E-state index is 13.3. The molecule has 0 N–H and O–H groups in total. The number of amides is 1. The van der Waals surface area contributed by atoms with Crippen LogP contribution in [0.1, 0.15) is 66.1 Å². The lowest BCUT2D eigenvalue weighted by atomic mass is 10.0. The number of alkyl halides is 3. The Hall–Kier alpha value is -2.33. The van der Waals surface area contributed by atoms with Crippen LogP contribution in [0, 0.1) is 6.92 Å². The van der Waals surface area contributed by atoms with Crippen LogP contribution in [0.5, 0.6) is 0 Å². The molecule has 10 heteroatoms. The van der Waals surface area contributed by atoms with Crippen molar-refractivity contribution in [2.45, 2.75) is 62.7 Å². The summed E-state index contributed by atoms with van der Waals surface area (Å²) in [5.74, 6) is -0.517. The van der Waals surface area contributed by atoms with Gasteiger partial charge in [-0.2, -0.15) is 17.5 Å². The van der Waals surface area contributed by atoms with Gasteiger partial charge < -0.3 is 9.32 Å². The number of benzene rings is 1. The lowest BCUT2D eigenvalue weighted by Crippen LogP contribution is -2.35. The third-order valence-corrected chi connectivity index (χ3v) is 8.06. The average Bonchev–Trinajstić information content (AvgIpc) is 3.24. The quantitative estimate of drug-likeness (QED) is 0.611. The SMILES string of the molecule is Cc1oc(C(=O)N(C2CC2)C(C)c2cccc(C(F)(F)F)c2)cc1S(=O)(=O)N1CCCC1. The topological polar surface area (TPSA) is 70.8 Å². The number of carbonyl (C=O) groups is 1. The second-order valence-electron chi connectivity index (χ2n) is 8.39. The zero-order valence-electron chi connectivity index (χ0n) is 17.9. The minimum absolute atomic E-state index is 0.0368. The molecule has 174 valence electrons. The molecule has 0 bridgehead atoms. The third kappa shape index (κ3) is 4.30. The van der Waals surface area contributed by atoms with Gasteiger partial charge in [0.25, 0.3) is 5.91 Å². The van der Waals surface area contributed by atoms with Crippen LogP contribution in [-0.2, 0) is 16.2 Å². The van der Waals surface area contributed by atoms with Crippen LogP contribution >= 0.6 is 0 Å². The fourth-order valence-corrected chi connectivity index (χ4v) is 5.85. The van der Waals surface area contributed by atoms with E-state index in [1.165, 1.54) is 28.3 Å². The van der Waals surface area contributed by atoms with E-state index >= 15 is 0 Å². The van der Waals surface area contributed by atoms with E-state index in [0.29, 0.717) is 18.7 Å². The van der Waals surface area contributed by atoms with Crippen LogP contribution < -0.4 is 0 Å². The molecule has 32 heavy (non-hydrogen) atoms. The molecule has 2 heterocycles. The normalized spacial score (nSPS) is 18.7. The first kappa shape index (κ1) is 22.8. The van der Waals surface area contributed by atoms with E-state index in [0.717, 1.165) is 37.8 Å². The highest BCUT2D eigenvalue weighted by atomic mass is 32.2. The Morgan fingerprint density at radius 3 is 2.44 bits per heavy atom. The summed E-state index contributed by atoms with van der Waals surface area (Å²) < 4.78 is 72.3. The molecule has 4 rings (SSSR count). The van der Waals surface area contributed by atoms with Gasteiger partial charge in [0.1, 0.15) is 10.7 Å². The summed E-state index contributed by atoms with van der Waals surface area (Å²) in [4.78, 5) is 14.8. The van der Waals surface area contributed by atoms with Crippen molar-refractivity contribution in [2.24, 2.45) is 0 Å². The average molecular weight is 471 g/mol. The van der Waals surface area contributed by atoms with Crippen molar-refractivity contribution < 1.29 is 30.8 Å². The highest BCUT2D eigenvalue weighted by Crippen LogP contribution is 2.38. The summed E-state index contributed by atoms with van der Waals surface area (Å²) in [6.45, 7) is 4.02. The first-order valence-electron chi connectivity index (χ1n) is 10.6. The molecule has 2 aromatic rings. The number of hydrogen-bond donors (Lipinski definition) is 0. The zero-order chi connectivity index (χ0) is 23.3.